The van der Waals surface area contributed by atoms with Gasteiger partial charge in [0.1, 0.15) is 5.76 Å². The van der Waals surface area contributed by atoms with E-state index in [0.29, 0.717) is 6.42 Å². The van der Waals surface area contributed by atoms with Crippen molar-refractivity contribution < 1.29 is 9.52 Å². The van der Waals surface area contributed by atoms with Crippen molar-refractivity contribution in [3.8, 4) is 0 Å². The molecule has 2 heterocycles. The lowest BCUT2D eigenvalue weighted by Gasteiger charge is -2.08. The highest BCUT2D eigenvalue weighted by Gasteiger charge is 2.15. The summed E-state index contributed by atoms with van der Waals surface area (Å²) < 4.78 is 6.94. The van der Waals surface area contributed by atoms with Crippen LogP contribution in [-0.4, -0.2) is 14.9 Å². The number of aryl methyl sites for hydroxylation is 1. The quantitative estimate of drug-likeness (QED) is 0.829. The van der Waals surface area contributed by atoms with Crippen molar-refractivity contribution in [2.24, 2.45) is 7.05 Å². The Morgan fingerprint density at radius 2 is 2.40 bits per heavy atom. The fourth-order valence-electron chi connectivity index (χ4n) is 1.57. The molecule has 80 valence electrons. The van der Waals surface area contributed by atoms with Crippen LogP contribution in [0.15, 0.2) is 29.0 Å². The van der Waals surface area contributed by atoms with Crippen LogP contribution >= 0.6 is 0 Å². The Labute approximate surface area is 88.1 Å². The summed E-state index contributed by atoms with van der Waals surface area (Å²) in [6.45, 7) is 1.94. The Kier molecular flexibility index (Phi) is 2.60. The minimum absolute atomic E-state index is 0.486. The van der Waals surface area contributed by atoms with Gasteiger partial charge in [-0.2, -0.15) is 5.10 Å². The number of hydrogen-bond donors (Lipinski definition) is 1. The predicted octanol–water partition coefficient (Wildman–Crippen LogP) is 1.60. The lowest BCUT2D eigenvalue weighted by Crippen LogP contribution is -2.03. The fraction of sp³-hybridized carbons (Fsp3) is 0.364. The summed E-state index contributed by atoms with van der Waals surface area (Å²) in [4.78, 5) is 0. The van der Waals surface area contributed by atoms with Crippen LogP contribution in [0.1, 0.15) is 23.1 Å². The number of furan rings is 1. The molecule has 2 aromatic rings. The molecule has 1 unspecified atom stereocenters. The molecule has 0 fully saturated rings. The number of aliphatic hydroxyl groups excluding tert-OH is 1. The number of nitrogens with zero attached hydrogens (tertiary/aromatic N) is 2. The van der Waals surface area contributed by atoms with Gasteiger partial charge in [0.2, 0.25) is 0 Å². The third-order valence-corrected chi connectivity index (χ3v) is 2.61. The second-order valence-electron chi connectivity index (χ2n) is 3.61. The minimum atomic E-state index is -0.551. The van der Waals surface area contributed by atoms with Crippen LogP contribution in [0.5, 0.6) is 0 Å². The Morgan fingerprint density at radius 1 is 1.60 bits per heavy atom. The smallest absolute Gasteiger partial charge is 0.106 e. The molecule has 2 rings (SSSR count). The average Bonchev–Trinajstić information content (AvgIpc) is 2.79. The van der Waals surface area contributed by atoms with Crippen LogP contribution < -0.4 is 0 Å². The van der Waals surface area contributed by atoms with E-state index in [4.69, 9.17) is 4.42 Å². The van der Waals surface area contributed by atoms with E-state index in [2.05, 4.69) is 5.10 Å². The van der Waals surface area contributed by atoms with E-state index in [0.717, 1.165) is 17.0 Å². The molecule has 0 aliphatic carbocycles. The molecule has 0 spiro atoms. The highest BCUT2D eigenvalue weighted by Crippen LogP contribution is 2.20. The van der Waals surface area contributed by atoms with Crippen molar-refractivity contribution in [2.75, 3.05) is 0 Å². The molecule has 2 aromatic heterocycles. The lowest BCUT2D eigenvalue weighted by atomic mass is 10.1. The third kappa shape index (κ3) is 1.94. The molecule has 4 nitrogen and oxygen atoms in total. The molecule has 0 amide bonds. The largest absolute Gasteiger partial charge is 0.469 e. The Hall–Kier alpha value is -1.55. The first-order valence-electron chi connectivity index (χ1n) is 4.87. The normalized spacial score (nSPS) is 13.0. The minimum Gasteiger partial charge on any atom is -0.469 e. The second-order valence-corrected chi connectivity index (χ2v) is 3.61. The van der Waals surface area contributed by atoms with Crippen LogP contribution in [0.2, 0.25) is 0 Å². The summed E-state index contributed by atoms with van der Waals surface area (Å²) in [7, 11) is 1.86. The number of aromatic nitrogens is 2. The van der Waals surface area contributed by atoms with Gasteiger partial charge in [-0.25, -0.2) is 0 Å². The van der Waals surface area contributed by atoms with Gasteiger partial charge in [-0.1, -0.05) is 0 Å². The van der Waals surface area contributed by atoms with Gasteiger partial charge in [0.05, 0.1) is 18.6 Å². The molecule has 0 aliphatic rings. The van der Waals surface area contributed by atoms with Crippen molar-refractivity contribution in [1.29, 1.82) is 0 Å². The van der Waals surface area contributed by atoms with E-state index in [1.54, 1.807) is 17.1 Å². The summed E-state index contributed by atoms with van der Waals surface area (Å²) in [5, 5.41) is 14.1. The molecular formula is C11H14N2O2. The van der Waals surface area contributed by atoms with Gasteiger partial charge in [-0.15, -0.1) is 0 Å². The van der Waals surface area contributed by atoms with Gasteiger partial charge < -0.3 is 9.52 Å². The van der Waals surface area contributed by atoms with Crippen molar-refractivity contribution in [3.05, 3.63) is 41.6 Å². The fourth-order valence-corrected chi connectivity index (χ4v) is 1.57. The maximum absolute atomic E-state index is 9.97. The molecule has 0 saturated carbocycles. The third-order valence-electron chi connectivity index (χ3n) is 2.61. The van der Waals surface area contributed by atoms with Gasteiger partial charge in [0.25, 0.3) is 0 Å². The van der Waals surface area contributed by atoms with Gasteiger partial charge in [0.15, 0.2) is 0 Å². The Balaban J connectivity index is 2.14. The summed E-state index contributed by atoms with van der Waals surface area (Å²) in [5.74, 6) is 0.783. The topological polar surface area (TPSA) is 51.2 Å². The number of aliphatic hydroxyl groups is 1. The van der Waals surface area contributed by atoms with Crippen molar-refractivity contribution >= 4 is 0 Å². The monoisotopic (exact) mass is 206 g/mol. The van der Waals surface area contributed by atoms with Crippen molar-refractivity contribution in [3.63, 3.8) is 0 Å². The first-order chi connectivity index (χ1) is 7.18. The molecule has 0 aliphatic heterocycles. The van der Waals surface area contributed by atoms with Crippen LogP contribution in [0, 0.1) is 6.92 Å². The van der Waals surface area contributed by atoms with E-state index in [1.165, 1.54) is 0 Å². The predicted molar refractivity (Wildman–Crippen MR) is 55.3 cm³/mol. The maximum atomic E-state index is 9.97. The van der Waals surface area contributed by atoms with E-state index in [-0.39, 0.29) is 0 Å². The summed E-state index contributed by atoms with van der Waals surface area (Å²) in [5.41, 5.74) is 1.84. The van der Waals surface area contributed by atoms with Crippen LogP contribution in [0.3, 0.4) is 0 Å². The zero-order valence-electron chi connectivity index (χ0n) is 8.84. The van der Waals surface area contributed by atoms with Crippen LogP contribution in [0.25, 0.3) is 0 Å². The van der Waals surface area contributed by atoms with Crippen molar-refractivity contribution in [1.82, 2.24) is 9.78 Å². The van der Waals surface area contributed by atoms with Gasteiger partial charge in [-0.05, 0) is 19.1 Å². The number of hydrogen-bond acceptors (Lipinski definition) is 3. The summed E-state index contributed by atoms with van der Waals surface area (Å²) in [6.07, 6.45) is 3.24. The van der Waals surface area contributed by atoms with Gasteiger partial charge in [0, 0.05) is 24.7 Å². The molecule has 15 heavy (non-hydrogen) atoms. The van der Waals surface area contributed by atoms with Gasteiger partial charge >= 0.3 is 0 Å². The van der Waals surface area contributed by atoms with Crippen LogP contribution in [0.4, 0.5) is 0 Å². The Morgan fingerprint density at radius 3 is 2.93 bits per heavy atom. The van der Waals surface area contributed by atoms with E-state index >= 15 is 0 Å². The molecule has 4 heteroatoms. The maximum Gasteiger partial charge on any atom is 0.106 e. The molecule has 0 saturated heterocycles. The highest BCUT2D eigenvalue weighted by atomic mass is 16.3. The molecule has 1 N–H and O–H groups in total. The van der Waals surface area contributed by atoms with Crippen LogP contribution in [-0.2, 0) is 13.5 Å². The zero-order chi connectivity index (χ0) is 10.8. The SMILES string of the molecule is Cc1c(C(O)Cc2ccco2)cnn1C. The van der Waals surface area contributed by atoms with E-state index in [9.17, 15) is 5.11 Å². The van der Waals surface area contributed by atoms with E-state index in [1.807, 2.05) is 26.1 Å². The average molecular weight is 206 g/mol. The first-order valence-corrected chi connectivity index (χ1v) is 4.87. The second kappa shape index (κ2) is 3.90. The lowest BCUT2D eigenvalue weighted by molar-refractivity contribution is 0.169. The standard InChI is InChI=1S/C11H14N2O2/c1-8-10(7-12-13(8)2)11(14)6-9-4-3-5-15-9/h3-5,7,11,14H,6H2,1-2H3. The summed E-state index contributed by atoms with van der Waals surface area (Å²) >= 11 is 0. The molecule has 1 atom stereocenters. The molecule has 0 bridgehead atoms. The zero-order valence-corrected chi connectivity index (χ0v) is 8.84. The van der Waals surface area contributed by atoms with E-state index < -0.39 is 6.10 Å². The molecular weight excluding hydrogens is 192 g/mol. The van der Waals surface area contributed by atoms with Crippen molar-refractivity contribution in [2.45, 2.75) is 19.4 Å². The summed E-state index contributed by atoms with van der Waals surface area (Å²) in [6, 6.07) is 3.67. The highest BCUT2D eigenvalue weighted by molar-refractivity contribution is 5.20. The van der Waals surface area contributed by atoms with Gasteiger partial charge in [-0.3, -0.25) is 4.68 Å². The first kappa shape index (κ1) is 9.98. The molecule has 0 aromatic carbocycles. The Bertz CT molecular complexity index is 431. The molecule has 0 radical (unpaired) electrons. The number of rotatable bonds is 3.